The fourth-order valence-corrected chi connectivity index (χ4v) is 0.951. The molecule has 0 spiro atoms. The van der Waals surface area contributed by atoms with Gasteiger partial charge in [-0.1, -0.05) is 0 Å². The Morgan fingerprint density at radius 2 is 2.56 bits per heavy atom. The molecule has 3 nitrogen and oxygen atoms in total. The lowest BCUT2D eigenvalue weighted by Crippen LogP contribution is -2.52. The third-order valence-electron chi connectivity index (χ3n) is 0.989. The lowest BCUT2D eigenvalue weighted by molar-refractivity contribution is -0.370. The molecule has 0 aliphatic rings. The van der Waals surface area contributed by atoms with E-state index < -0.39 is 0 Å². The fourth-order valence-electron chi connectivity index (χ4n) is 0.623. The third kappa shape index (κ3) is 1.80. The van der Waals surface area contributed by atoms with Gasteiger partial charge in [0.15, 0.2) is 0 Å². The Morgan fingerprint density at radius 1 is 1.78 bits per heavy atom. The molecular weight excluding hydrogens is 182 g/mol. The molecule has 0 unspecified atom stereocenters. The summed E-state index contributed by atoms with van der Waals surface area (Å²) in [7, 11) is 0. The molecule has 1 aromatic heterocycles. The van der Waals surface area contributed by atoms with Crippen LogP contribution in [0.2, 0.25) is 0 Å². The second kappa shape index (κ2) is 2.98. The van der Waals surface area contributed by atoms with Gasteiger partial charge in [0.25, 0.3) is 0 Å². The van der Waals surface area contributed by atoms with Gasteiger partial charge < -0.3 is 5.73 Å². The van der Waals surface area contributed by atoms with Crippen LogP contribution in [0.1, 0.15) is 0 Å². The van der Waals surface area contributed by atoms with Crippen molar-refractivity contribution in [1.29, 1.82) is 0 Å². The molecule has 0 saturated heterocycles. The summed E-state index contributed by atoms with van der Waals surface area (Å²) >= 11 is 3.30. The molecule has 0 atom stereocenters. The minimum absolute atomic E-state index is 0.883. The molecule has 4 heteroatoms. The number of aromatic nitrogens is 2. The van der Waals surface area contributed by atoms with Crippen LogP contribution < -0.4 is 5.73 Å². The number of nitrogens with zero attached hydrogens (tertiary/aromatic N) is 2. The van der Waals surface area contributed by atoms with Gasteiger partial charge >= 0.3 is 0 Å². The first-order valence-corrected chi connectivity index (χ1v) is 3.59. The Labute approximate surface area is 62.0 Å². The maximum absolute atomic E-state index is 4.04. The maximum atomic E-state index is 4.04. The van der Waals surface area contributed by atoms with Crippen LogP contribution in [0.15, 0.2) is 16.9 Å². The average molecular weight is 191 g/mol. The van der Waals surface area contributed by atoms with Crippen molar-refractivity contribution >= 4 is 15.9 Å². The van der Waals surface area contributed by atoms with Crippen molar-refractivity contribution in [3.8, 4) is 0 Å². The second-order valence-electron chi connectivity index (χ2n) is 1.78. The molecule has 0 bridgehead atoms. The lowest BCUT2D eigenvalue weighted by atomic mass is 10.6. The summed E-state index contributed by atoms with van der Waals surface area (Å²) in [5.74, 6) is 0. The quantitative estimate of drug-likeness (QED) is 0.696. The van der Waals surface area contributed by atoms with Gasteiger partial charge in [0.05, 0.1) is 23.8 Å². The molecule has 1 heterocycles. The summed E-state index contributed by atoms with van der Waals surface area (Å²) in [5.41, 5.74) is 3.71. The SMILES string of the molecule is [NH3+]CCn1cc(Br)cn1. The Bertz CT molecular complexity index is 184. The number of halogens is 1. The van der Waals surface area contributed by atoms with Crippen molar-refractivity contribution in [3.63, 3.8) is 0 Å². The summed E-state index contributed by atoms with van der Waals surface area (Å²) in [5, 5.41) is 4.04. The van der Waals surface area contributed by atoms with Crippen molar-refractivity contribution in [2.75, 3.05) is 6.54 Å². The van der Waals surface area contributed by atoms with Crippen molar-refractivity contribution < 1.29 is 5.73 Å². The summed E-state index contributed by atoms with van der Waals surface area (Å²) in [4.78, 5) is 0. The van der Waals surface area contributed by atoms with Crippen LogP contribution in [0.4, 0.5) is 0 Å². The average Bonchev–Trinajstić information content (AvgIpc) is 2.17. The molecule has 3 N–H and O–H groups in total. The molecule has 0 aromatic carbocycles. The lowest BCUT2D eigenvalue weighted by Gasteiger charge is -1.91. The topological polar surface area (TPSA) is 45.5 Å². The van der Waals surface area contributed by atoms with E-state index in [1.165, 1.54) is 0 Å². The highest BCUT2D eigenvalue weighted by Crippen LogP contribution is 2.04. The van der Waals surface area contributed by atoms with E-state index in [0.29, 0.717) is 0 Å². The minimum atomic E-state index is 0.883. The van der Waals surface area contributed by atoms with E-state index in [-0.39, 0.29) is 0 Å². The minimum Gasteiger partial charge on any atom is -0.356 e. The van der Waals surface area contributed by atoms with E-state index in [9.17, 15) is 0 Å². The zero-order chi connectivity index (χ0) is 6.69. The zero-order valence-corrected chi connectivity index (χ0v) is 6.63. The fraction of sp³-hybridized carbons (Fsp3) is 0.400. The van der Waals surface area contributed by atoms with Crippen molar-refractivity contribution in [2.24, 2.45) is 0 Å². The molecule has 0 saturated carbocycles. The van der Waals surface area contributed by atoms with E-state index in [4.69, 9.17) is 0 Å². The summed E-state index contributed by atoms with van der Waals surface area (Å²) in [6, 6.07) is 0. The van der Waals surface area contributed by atoms with E-state index in [2.05, 4.69) is 26.8 Å². The Hall–Kier alpha value is -0.350. The molecule has 0 aliphatic carbocycles. The summed E-state index contributed by atoms with van der Waals surface area (Å²) in [6.07, 6.45) is 3.71. The predicted octanol–water partition coefficient (Wildman–Crippen LogP) is -0.113. The molecule has 1 rings (SSSR count). The van der Waals surface area contributed by atoms with Crippen LogP contribution >= 0.6 is 15.9 Å². The molecule has 0 amide bonds. The number of hydrogen-bond acceptors (Lipinski definition) is 1. The van der Waals surface area contributed by atoms with Gasteiger partial charge in [-0.3, -0.25) is 4.68 Å². The predicted molar refractivity (Wildman–Crippen MR) is 37.7 cm³/mol. The van der Waals surface area contributed by atoms with E-state index >= 15 is 0 Å². The summed E-state index contributed by atoms with van der Waals surface area (Å²) in [6.45, 7) is 1.78. The van der Waals surface area contributed by atoms with Gasteiger partial charge in [-0.25, -0.2) is 0 Å². The van der Waals surface area contributed by atoms with Gasteiger partial charge in [0, 0.05) is 6.20 Å². The Balaban J connectivity index is 2.61. The van der Waals surface area contributed by atoms with E-state index in [1.54, 1.807) is 6.20 Å². The van der Waals surface area contributed by atoms with Gasteiger partial charge in [0.2, 0.25) is 0 Å². The number of rotatable bonds is 2. The smallest absolute Gasteiger partial charge is 0.0939 e. The van der Waals surface area contributed by atoms with Crippen LogP contribution in [0.3, 0.4) is 0 Å². The molecule has 0 aliphatic heterocycles. The van der Waals surface area contributed by atoms with E-state index in [1.807, 2.05) is 10.9 Å². The van der Waals surface area contributed by atoms with Crippen LogP contribution in [-0.4, -0.2) is 16.3 Å². The zero-order valence-electron chi connectivity index (χ0n) is 5.05. The maximum Gasteiger partial charge on any atom is 0.0939 e. The van der Waals surface area contributed by atoms with Crippen LogP contribution in [0.25, 0.3) is 0 Å². The normalized spacial score (nSPS) is 10.0. The molecular formula is C5H9BrN3+. The first-order chi connectivity index (χ1) is 4.33. The second-order valence-corrected chi connectivity index (χ2v) is 2.69. The molecule has 1 aromatic rings. The highest BCUT2D eigenvalue weighted by atomic mass is 79.9. The summed E-state index contributed by atoms with van der Waals surface area (Å²) < 4.78 is 2.88. The van der Waals surface area contributed by atoms with Gasteiger partial charge in [-0.15, -0.1) is 0 Å². The van der Waals surface area contributed by atoms with Gasteiger partial charge in [-0.05, 0) is 15.9 Å². The monoisotopic (exact) mass is 190 g/mol. The first-order valence-electron chi connectivity index (χ1n) is 2.80. The largest absolute Gasteiger partial charge is 0.356 e. The highest BCUT2D eigenvalue weighted by molar-refractivity contribution is 9.10. The van der Waals surface area contributed by atoms with Crippen LogP contribution in [0.5, 0.6) is 0 Å². The van der Waals surface area contributed by atoms with Crippen molar-refractivity contribution in [1.82, 2.24) is 9.78 Å². The standard InChI is InChI=1S/C5H8BrN3/c6-5-3-8-9(4-5)2-1-7/h3-4H,1-2,7H2/p+1. The first kappa shape index (κ1) is 6.77. The van der Waals surface area contributed by atoms with Crippen LogP contribution in [0, 0.1) is 0 Å². The molecule has 0 fully saturated rings. The van der Waals surface area contributed by atoms with Crippen molar-refractivity contribution in [2.45, 2.75) is 6.54 Å². The highest BCUT2D eigenvalue weighted by Gasteiger charge is 1.91. The molecule has 0 radical (unpaired) electrons. The van der Waals surface area contributed by atoms with Crippen LogP contribution in [-0.2, 0) is 6.54 Å². The molecule has 50 valence electrons. The Morgan fingerprint density at radius 3 is 3.00 bits per heavy atom. The van der Waals surface area contributed by atoms with Gasteiger partial charge in [0.1, 0.15) is 0 Å². The molecule has 9 heavy (non-hydrogen) atoms. The number of hydrogen-bond donors (Lipinski definition) is 1. The van der Waals surface area contributed by atoms with Crippen molar-refractivity contribution in [3.05, 3.63) is 16.9 Å². The van der Waals surface area contributed by atoms with E-state index in [0.717, 1.165) is 17.6 Å². The third-order valence-corrected chi connectivity index (χ3v) is 1.40. The Kier molecular flexibility index (Phi) is 2.24. The number of quaternary nitrogens is 1. The van der Waals surface area contributed by atoms with Gasteiger partial charge in [-0.2, -0.15) is 5.10 Å².